The van der Waals surface area contributed by atoms with Crippen LogP contribution < -0.4 is 5.73 Å². The van der Waals surface area contributed by atoms with E-state index in [2.05, 4.69) is 0 Å². The predicted octanol–water partition coefficient (Wildman–Crippen LogP) is 0.707. The highest BCUT2D eigenvalue weighted by molar-refractivity contribution is 7.99. The lowest BCUT2D eigenvalue weighted by Gasteiger charge is -2.26. The van der Waals surface area contributed by atoms with E-state index in [4.69, 9.17) is 11.1 Å². The average molecular weight is 173 g/mol. The first kappa shape index (κ1) is 8.71. The Morgan fingerprint density at radius 1 is 1.82 bits per heavy atom. The molecule has 4 heteroatoms. The van der Waals surface area contributed by atoms with Gasteiger partial charge < -0.3 is 10.6 Å². The molecule has 1 heterocycles. The zero-order valence-corrected chi connectivity index (χ0v) is 7.66. The van der Waals surface area contributed by atoms with Gasteiger partial charge >= 0.3 is 0 Å². The predicted molar refractivity (Wildman–Crippen MR) is 50.0 cm³/mol. The van der Waals surface area contributed by atoms with Gasteiger partial charge in [0.15, 0.2) is 5.96 Å². The number of rotatable bonds is 2. The van der Waals surface area contributed by atoms with Gasteiger partial charge in [-0.1, -0.05) is 0 Å². The third kappa shape index (κ3) is 2.02. The smallest absolute Gasteiger partial charge is 0.188 e. The topological polar surface area (TPSA) is 53.1 Å². The van der Waals surface area contributed by atoms with E-state index in [0.717, 1.165) is 12.3 Å². The molecule has 0 aromatic heterocycles. The maximum Gasteiger partial charge on any atom is 0.188 e. The molecule has 0 unspecified atom stereocenters. The first-order chi connectivity index (χ1) is 5.25. The number of nitrogens with two attached hydrogens (primary N) is 1. The van der Waals surface area contributed by atoms with Crippen LogP contribution in [0.25, 0.3) is 0 Å². The molecule has 1 atom stereocenters. The van der Waals surface area contributed by atoms with Crippen LogP contribution in [0, 0.1) is 5.41 Å². The number of nitrogens with one attached hydrogen (secondary N) is 1. The summed E-state index contributed by atoms with van der Waals surface area (Å²) in [5.41, 5.74) is 5.43. The SMILES string of the molecule is CCN(C(=N)N)[C@@H]1CCSC1. The molecule has 1 fully saturated rings. The van der Waals surface area contributed by atoms with Crippen LogP contribution in [0.4, 0.5) is 0 Å². The standard InChI is InChI=1S/C7H15N3S/c1-2-10(7(8)9)6-3-4-11-5-6/h6H,2-5H2,1H3,(H3,8,9)/t6-/m1/s1. The number of hydrogen-bond donors (Lipinski definition) is 2. The van der Waals surface area contributed by atoms with Crippen molar-refractivity contribution in [1.29, 1.82) is 5.41 Å². The van der Waals surface area contributed by atoms with Crippen LogP contribution in [0.5, 0.6) is 0 Å². The average Bonchev–Trinajstić information content (AvgIpc) is 2.40. The molecule has 3 N–H and O–H groups in total. The van der Waals surface area contributed by atoms with E-state index >= 15 is 0 Å². The number of guanidine groups is 1. The minimum absolute atomic E-state index is 0.222. The van der Waals surface area contributed by atoms with Crippen LogP contribution in [-0.2, 0) is 0 Å². The summed E-state index contributed by atoms with van der Waals surface area (Å²) in [7, 11) is 0. The molecule has 1 aliphatic heterocycles. The third-order valence-electron chi connectivity index (χ3n) is 2.00. The highest BCUT2D eigenvalue weighted by Crippen LogP contribution is 2.21. The molecule has 1 rings (SSSR count). The van der Waals surface area contributed by atoms with Gasteiger partial charge in [0, 0.05) is 18.3 Å². The Labute approximate surface area is 71.8 Å². The minimum Gasteiger partial charge on any atom is -0.370 e. The van der Waals surface area contributed by atoms with Gasteiger partial charge in [-0.05, 0) is 19.1 Å². The highest BCUT2D eigenvalue weighted by Gasteiger charge is 2.22. The molecular formula is C7H15N3S. The number of hydrogen-bond acceptors (Lipinski definition) is 2. The van der Waals surface area contributed by atoms with E-state index in [1.165, 1.54) is 12.2 Å². The molecule has 64 valence electrons. The summed E-state index contributed by atoms with van der Waals surface area (Å²) in [5.74, 6) is 2.57. The maximum atomic E-state index is 7.31. The van der Waals surface area contributed by atoms with Crippen molar-refractivity contribution in [1.82, 2.24) is 4.90 Å². The summed E-state index contributed by atoms with van der Waals surface area (Å²) < 4.78 is 0. The van der Waals surface area contributed by atoms with Crippen molar-refractivity contribution in [2.75, 3.05) is 18.1 Å². The van der Waals surface area contributed by atoms with E-state index < -0.39 is 0 Å². The molecule has 0 aromatic carbocycles. The Bertz CT molecular complexity index is 143. The molecule has 0 saturated carbocycles. The summed E-state index contributed by atoms with van der Waals surface area (Å²) in [6, 6.07) is 0.516. The van der Waals surface area contributed by atoms with Crippen molar-refractivity contribution in [3.05, 3.63) is 0 Å². The van der Waals surface area contributed by atoms with Crippen LogP contribution in [0.15, 0.2) is 0 Å². The molecule has 0 aliphatic carbocycles. The van der Waals surface area contributed by atoms with E-state index in [0.29, 0.717) is 6.04 Å². The van der Waals surface area contributed by atoms with Crippen LogP contribution >= 0.6 is 11.8 Å². The number of nitrogens with zero attached hydrogens (tertiary/aromatic N) is 1. The van der Waals surface area contributed by atoms with Crippen molar-refractivity contribution in [3.63, 3.8) is 0 Å². The van der Waals surface area contributed by atoms with Crippen molar-refractivity contribution in [2.24, 2.45) is 5.73 Å². The Kier molecular flexibility index (Phi) is 3.05. The molecule has 0 aromatic rings. The van der Waals surface area contributed by atoms with Gasteiger partial charge in [-0.3, -0.25) is 5.41 Å². The second-order valence-corrected chi connectivity index (χ2v) is 3.84. The quantitative estimate of drug-likeness (QED) is 0.477. The van der Waals surface area contributed by atoms with Crippen molar-refractivity contribution < 1.29 is 0 Å². The van der Waals surface area contributed by atoms with Crippen LogP contribution in [0.3, 0.4) is 0 Å². The normalized spacial score (nSPS) is 23.5. The van der Waals surface area contributed by atoms with E-state index in [1.54, 1.807) is 0 Å². The molecule has 1 saturated heterocycles. The number of thioether (sulfide) groups is 1. The maximum absolute atomic E-state index is 7.31. The summed E-state index contributed by atoms with van der Waals surface area (Å²) in [6.07, 6.45) is 1.18. The zero-order valence-electron chi connectivity index (χ0n) is 6.84. The first-order valence-electron chi connectivity index (χ1n) is 3.94. The molecule has 0 spiro atoms. The second kappa shape index (κ2) is 3.85. The summed E-state index contributed by atoms with van der Waals surface area (Å²) in [6.45, 7) is 2.91. The lowest BCUT2D eigenvalue weighted by atomic mass is 10.2. The minimum atomic E-state index is 0.222. The molecule has 1 aliphatic rings. The largest absolute Gasteiger partial charge is 0.370 e. The Hall–Kier alpha value is -0.380. The van der Waals surface area contributed by atoms with Gasteiger partial charge in [-0.25, -0.2) is 0 Å². The van der Waals surface area contributed by atoms with Gasteiger partial charge in [-0.2, -0.15) is 11.8 Å². The van der Waals surface area contributed by atoms with Gasteiger partial charge in [0.2, 0.25) is 0 Å². The fourth-order valence-corrected chi connectivity index (χ4v) is 2.62. The van der Waals surface area contributed by atoms with Crippen molar-refractivity contribution in [2.45, 2.75) is 19.4 Å². The highest BCUT2D eigenvalue weighted by atomic mass is 32.2. The summed E-state index contributed by atoms with van der Waals surface area (Å²) in [4.78, 5) is 1.97. The molecular weight excluding hydrogens is 158 g/mol. The van der Waals surface area contributed by atoms with Crippen LogP contribution in [0.1, 0.15) is 13.3 Å². The summed E-state index contributed by atoms with van der Waals surface area (Å²) >= 11 is 1.95. The third-order valence-corrected chi connectivity index (χ3v) is 3.14. The molecule has 0 bridgehead atoms. The molecule has 0 radical (unpaired) electrons. The van der Waals surface area contributed by atoms with Gasteiger partial charge in [0.25, 0.3) is 0 Å². The Balaban J connectivity index is 2.46. The van der Waals surface area contributed by atoms with Crippen molar-refractivity contribution >= 4 is 17.7 Å². The van der Waals surface area contributed by atoms with E-state index in [-0.39, 0.29) is 5.96 Å². The van der Waals surface area contributed by atoms with Crippen LogP contribution in [-0.4, -0.2) is 35.0 Å². The van der Waals surface area contributed by atoms with E-state index in [9.17, 15) is 0 Å². The fraction of sp³-hybridized carbons (Fsp3) is 0.857. The van der Waals surface area contributed by atoms with Gasteiger partial charge in [0.1, 0.15) is 0 Å². The molecule has 0 amide bonds. The Morgan fingerprint density at radius 2 is 2.55 bits per heavy atom. The van der Waals surface area contributed by atoms with E-state index in [1.807, 2.05) is 23.6 Å². The van der Waals surface area contributed by atoms with Crippen molar-refractivity contribution in [3.8, 4) is 0 Å². The van der Waals surface area contributed by atoms with Gasteiger partial charge in [-0.15, -0.1) is 0 Å². The Morgan fingerprint density at radius 3 is 2.91 bits per heavy atom. The monoisotopic (exact) mass is 173 g/mol. The molecule has 11 heavy (non-hydrogen) atoms. The van der Waals surface area contributed by atoms with Crippen LogP contribution in [0.2, 0.25) is 0 Å². The lowest BCUT2D eigenvalue weighted by molar-refractivity contribution is 0.345. The lowest BCUT2D eigenvalue weighted by Crippen LogP contribution is -2.43. The zero-order chi connectivity index (χ0) is 8.27. The van der Waals surface area contributed by atoms with Gasteiger partial charge in [0.05, 0.1) is 0 Å². The first-order valence-corrected chi connectivity index (χ1v) is 5.09. The molecule has 3 nitrogen and oxygen atoms in total. The fourth-order valence-electron chi connectivity index (χ4n) is 1.39. The summed E-state index contributed by atoms with van der Waals surface area (Å²) in [5, 5.41) is 7.31. The second-order valence-electron chi connectivity index (χ2n) is 2.69.